The highest BCUT2D eigenvalue weighted by atomic mass is 31.1. The quantitative estimate of drug-likeness (QED) is 0.130. The SMILES string of the molecule is C=CC1CN2CCC1CC2[C@@H](NC(=O)c1ccccc1P(c1ccc(OC)cc1)c1ccc(OC)cc1)c1ccnc2ccc(OC)cc12. The molecular formula is C41H42N3O4P. The molecule has 1 amide bonds. The van der Waals surface area contributed by atoms with E-state index >= 15 is 0 Å². The minimum atomic E-state index is -1.10. The van der Waals surface area contributed by atoms with Crippen LogP contribution in [0.2, 0.25) is 0 Å². The summed E-state index contributed by atoms with van der Waals surface area (Å²) in [6.45, 7) is 6.11. The minimum Gasteiger partial charge on any atom is -0.497 e. The number of fused-ring (bicyclic) bond motifs is 4. The van der Waals surface area contributed by atoms with Crippen LogP contribution in [-0.4, -0.2) is 56.3 Å². The zero-order valence-corrected chi connectivity index (χ0v) is 29.1. The molecule has 4 unspecified atom stereocenters. The Kier molecular flexibility index (Phi) is 9.65. The maximum atomic E-state index is 14.8. The summed E-state index contributed by atoms with van der Waals surface area (Å²) in [6, 6.07) is 32.3. The molecule has 0 spiro atoms. The molecule has 3 fully saturated rings. The van der Waals surface area contributed by atoms with Crippen molar-refractivity contribution < 1.29 is 19.0 Å². The Morgan fingerprint density at radius 3 is 2.16 bits per heavy atom. The summed E-state index contributed by atoms with van der Waals surface area (Å²) in [5.41, 5.74) is 2.59. The van der Waals surface area contributed by atoms with E-state index in [1.807, 2.05) is 66.9 Å². The fourth-order valence-electron chi connectivity index (χ4n) is 7.62. The molecule has 2 bridgehead atoms. The number of carbonyl (C=O) groups excluding carboxylic acids is 1. The first-order chi connectivity index (χ1) is 24.0. The monoisotopic (exact) mass is 671 g/mol. The topological polar surface area (TPSA) is 72.9 Å². The van der Waals surface area contributed by atoms with Gasteiger partial charge in [-0.1, -0.05) is 48.5 Å². The summed E-state index contributed by atoms with van der Waals surface area (Å²) in [5, 5.41) is 7.82. The molecule has 7 nitrogen and oxygen atoms in total. The molecule has 5 atom stereocenters. The lowest BCUT2D eigenvalue weighted by Crippen LogP contribution is -2.57. The number of rotatable bonds is 11. The zero-order valence-electron chi connectivity index (χ0n) is 28.2. The number of hydrogen-bond donors (Lipinski definition) is 1. The van der Waals surface area contributed by atoms with Crippen molar-refractivity contribution in [3.63, 3.8) is 0 Å². The molecule has 3 aliphatic rings. The number of aromatic nitrogens is 1. The maximum Gasteiger partial charge on any atom is 0.252 e. The van der Waals surface area contributed by atoms with Crippen molar-refractivity contribution in [3.05, 3.63) is 127 Å². The average Bonchev–Trinajstić information content (AvgIpc) is 3.17. The summed E-state index contributed by atoms with van der Waals surface area (Å²) in [5.74, 6) is 3.26. The van der Waals surface area contributed by atoms with Gasteiger partial charge in [0.1, 0.15) is 17.2 Å². The molecule has 0 radical (unpaired) electrons. The van der Waals surface area contributed by atoms with E-state index in [4.69, 9.17) is 14.2 Å². The Bertz CT molecular complexity index is 1900. The second-order valence-electron chi connectivity index (χ2n) is 12.7. The largest absolute Gasteiger partial charge is 0.497 e. The summed E-state index contributed by atoms with van der Waals surface area (Å²) < 4.78 is 16.6. The normalized spacial score (nSPS) is 20.5. The van der Waals surface area contributed by atoms with E-state index in [-0.39, 0.29) is 18.0 Å². The lowest BCUT2D eigenvalue weighted by molar-refractivity contribution is 0.00171. The molecule has 49 heavy (non-hydrogen) atoms. The lowest BCUT2D eigenvalue weighted by atomic mass is 9.73. The van der Waals surface area contributed by atoms with Crippen LogP contribution in [0.5, 0.6) is 17.2 Å². The third-order valence-corrected chi connectivity index (χ3v) is 12.7. The Hall–Kier alpha value is -4.71. The van der Waals surface area contributed by atoms with Crippen molar-refractivity contribution in [1.29, 1.82) is 0 Å². The van der Waals surface area contributed by atoms with E-state index in [2.05, 4.69) is 64.3 Å². The first-order valence-electron chi connectivity index (χ1n) is 16.8. The van der Waals surface area contributed by atoms with Crippen LogP contribution in [-0.2, 0) is 0 Å². The lowest BCUT2D eigenvalue weighted by Gasteiger charge is -2.51. The Morgan fingerprint density at radius 1 is 0.898 bits per heavy atom. The standard InChI is InChI=1S/C41H42N3O4P/c1-5-27-26-44-23-21-28(27)24-38(44)40(34-20-22-42-37-19-14-31(48-4)25-36(34)37)43-41(45)35-8-6-7-9-39(35)49(32-15-10-29(46-2)11-16-32)33-17-12-30(47-3)13-18-33/h5-20,22,25,27-28,38,40H,1,21,23-24,26H2,2-4H3,(H,43,45)/t27?,28?,38?,40-/m0/s1. The molecule has 3 aliphatic heterocycles. The molecule has 0 saturated carbocycles. The van der Waals surface area contributed by atoms with Gasteiger partial charge < -0.3 is 19.5 Å². The number of amides is 1. The van der Waals surface area contributed by atoms with Crippen LogP contribution < -0.4 is 35.4 Å². The third kappa shape index (κ3) is 6.53. The summed E-state index contributed by atoms with van der Waals surface area (Å²) in [4.78, 5) is 22.1. The van der Waals surface area contributed by atoms with Crippen LogP contribution >= 0.6 is 7.92 Å². The molecule has 4 heterocycles. The van der Waals surface area contributed by atoms with Gasteiger partial charge in [0.2, 0.25) is 0 Å². The molecule has 8 rings (SSSR count). The molecule has 1 aromatic heterocycles. The van der Waals surface area contributed by atoms with E-state index in [9.17, 15) is 4.79 Å². The second-order valence-corrected chi connectivity index (χ2v) is 14.9. The summed E-state index contributed by atoms with van der Waals surface area (Å²) in [7, 11) is 3.93. The first kappa shape index (κ1) is 32.8. The van der Waals surface area contributed by atoms with Gasteiger partial charge in [-0.2, -0.15) is 0 Å². The van der Waals surface area contributed by atoms with Crippen molar-refractivity contribution in [2.75, 3.05) is 34.4 Å². The predicted molar refractivity (Wildman–Crippen MR) is 199 cm³/mol. The smallest absolute Gasteiger partial charge is 0.252 e. The van der Waals surface area contributed by atoms with Crippen LogP contribution in [0.1, 0.15) is 34.8 Å². The van der Waals surface area contributed by atoms with E-state index in [1.165, 1.54) is 0 Å². The maximum absolute atomic E-state index is 14.8. The number of nitrogens with zero attached hydrogens (tertiary/aromatic N) is 2. The summed E-state index contributed by atoms with van der Waals surface area (Å²) >= 11 is 0. The van der Waals surface area contributed by atoms with Crippen LogP contribution in [0.4, 0.5) is 0 Å². The van der Waals surface area contributed by atoms with Gasteiger partial charge >= 0.3 is 0 Å². The zero-order chi connectivity index (χ0) is 33.9. The molecule has 1 N–H and O–H groups in total. The minimum absolute atomic E-state index is 0.0918. The predicted octanol–water partition coefficient (Wildman–Crippen LogP) is 6.39. The molecule has 3 saturated heterocycles. The number of methoxy groups -OCH3 is 3. The van der Waals surface area contributed by atoms with Crippen molar-refractivity contribution >= 4 is 40.6 Å². The molecule has 250 valence electrons. The van der Waals surface area contributed by atoms with Gasteiger partial charge in [-0.25, -0.2) is 0 Å². The number of piperidine rings is 3. The number of carbonyl (C=O) groups is 1. The van der Waals surface area contributed by atoms with Crippen molar-refractivity contribution in [2.24, 2.45) is 11.8 Å². The van der Waals surface area contributed by atoms with Gasteiger partial charge in [-0.15, -0.1) is 6.58 Å². The average molecular weight is 672 g/mol. The van der Waals surface area contributed by atoms with Crippen molar-refractivity contribution in [3.8, 4) is 17.2 Å². The van der Waals surface area contributed by atoms with Crippen LogP contribution in [0.25, 0.3) is 10.9 Å². The van der Waals surface area contributed by atoms with Gasteiger partial charge in [0.25, 0.3) is 5.91 Å². The molecule has 0 aliphatic carbocycles. The molecule has 4 aromatic carbocycles. The highest BCUT2D eigenvalue weighted by Crippen LogP contribution is 2.43. The molecule has 8 heteroatoms. The van der Waals surface area contributed by atoms with E-state index in [0.717, 1.165) is 75.6 Å². The van der Waals surface area contributed by atoms with Gasteiger partial charge in [0.15, 0.2) is 0 Å². The number of hydrogen-bond acceptors (Lipinski definition) is 6. The summed E-state index contributed by atoms with van der Waals surface area (Å²) in [6.07, 6.45) is 6.11. The van der Waals surface area contributed by atoms with Crippen LogP contribution in [0.15, 0.2) is 116 Å². The number of nitrogens with one attached hydrogen (secondary N) is 1. The van der Waals surface area contributed by atoms with Gasteiger partial charge in [-0.05, 0) is 115 Å². The van der Waals surface area contributed by atoms with E-state index in [1.54, 1.807) is 21.3 Å². The number of ether oxygens (including phenoxy) is 3. The third-order valence-electron chi connectivity index (χ3n) is 10.2. The van der Waals surface area contributed by atoms with Gasteiger partial charge in [0.05, 0.1) is 32.9 Å². The Balaban J connectivity index is 1.32. The fourth-order valence-corrected chi connectivity index (χ4v) is 10.0. The Morgan fingerprint density at radius 2 is 1.55 bits per heavy atom. The second kappa shape index (κ2) is 14.4. The number of benzene rings is 4. The van der Waals surface area contributed by atoms with E-state index < -0.39 is 7.92 Å². The van der Waals surface area contributed by atoms with Crippen molar-refractivity contribution in [1.82, 2.24) is 15.2 Å². The van der Waals surface area contributed by atoms with Crippen molar-refractivity contribution in [2.45, 2.75) is 24.9 Å². The van der Waals surface area contributed by atoms with Crippen LogP contribution in [0.3, 0.4) is 0 Å². The molecule has 5 aromatic rings. The van der Waals surface area contributed by atoms with Crippen LogP contribution in [0, 0.1) is 11.8 Å². The van der Waals surface area contributed by atoms with Gasteiger partial charge in [0, 0.05) is 29.7 Å². The number of pyridine rings is 1. The highest BCUT2D eigenvalue weighted by molar-refractivity contribution is 7.80. The first-order valence-corrected chi connectivity index (χ1v) is 18.1. The van der Waals surface area contributed by atoms with Gasteiger partial charge in [-0.3, -0.25) is 14.7 Å². The molecular weight excluding hydrogens is 629 g/mol. The van der Waals surface area contributed by atoms with E-state index in [0.29, 0.717) is 17.4 Å². The highest BCUT2D eigenvalue weighted by Gasteiger charge is 2.43. The fraction of sp³-hybridized carbons (Fsp3) is 0.268. The Labute approximate surface area is 289 Å².